The van der Waals surface area contributed by atoms with E-state index in [2.05, 4.69) is 31.5 Å². The second-order valence-electron chi connectivity index (χ2n) is 5.09. The summed E-state index contributed by atoms with van der Waals surface area (Å²) >= 11 is 3.47. The number of aryl methyl sites for hydroxylation is 1. The summed E-state index contributed by atoms with van der Waals surface area (Å²) in [6, 6.07) is 6.38. The minimum atomic E-state index is 0. The van der Waals surface area contributed by atoms with Gasteiger partial charge in [-0.1, -0.05) is 6.07 Å². The van der Waals surface area contributed by atoms with E-state index in [1.54, 1.807) is 0 Å². The molecule has 0 aliphatic carbocycles. The van der Waals surface area contributed by atoms with Crippen LogP contribution in [0, 0.1) is 6.92 Å². The predicted molar refractivity (Wildman–Crippen MR) is 88.7 cm³/mol. The monoisotopic (exact) mass is 361 g/mol. The number of hydrogen-bond donors (Lipinski definition) is 2. The molecule has 112 valence electrons. The Morgan fingerprint density at radius 2 is 2.30 bits per heavy atom. The topological polar surface area (TPSA) is 44.4 Å². The van der Waals surface area contributed by atoms with Gasteiger partial charge < -0.3 is 10.6 Å². The van der Waals surface area contributed by atoms with Gasteiger partial charge >= 0.3 is 0 Å². The standard InChI is InChI=1S/C14H20BrN3O.ClH/c1-10-3-4-13(12(15)7-10)17-14(19)9-18(2)11-5-6-16-8-11;/h3-4,7,11,16H,5-6,8-9H2,1-2H3,(H,17,19);1H. The molecule has 1 fully saturated rings. The number of nitrogens with zero attached hydrogens (tertiary/aromatic N) is 1. The smallest absolute Gasteiger partial charge is 0.238 e. The lowest BCUT2D eigenvalue weighted by Gasteiger charge is -2.22. The van der Waals surface area contributed by atoms with Gasteiger partial charge in [-0.2, -0.15) is 0 Å². The Morgan fingerprint density at radius 3 is 2.90 bits per heavy atom. The predicted octanol–water partition coefficient (Wildman–Crippen LogP) is 2.41. The lowest BCUT2D eigenvalue weighted by Crippen LogP contribution is -2.39. The van der Waals surface area contributed by atoms with E-state index in [0.29, 0.717) is 12.6 Å². The first kappa shape index (κ1) is 17.4. The summed E-state index contributed by atoms with van der Waals surface area (Å²) in [6.07, 6.45) is 1.11. The third kappa shape index (κ3) is 4.74. The second-order valence-corrected chi connectivity index (χ2v) is 5.95. The molecule has 0 radical (unpaired) electrons. The zero-order valence-electron chi connectivity index (χ0n) is 11.8. The summed E-state index contributed by atoms with van der Waals surface area (Å²) in [7, 11) is 2.00. The summed E-state index contributed by atoms with van der Waals surface area (Å²) in [4.78, 5) is 14.1. The molecule has 0 saturated carbocycles. The van der Waals surface area contributed by atoms with Gasteiger partial charge in [-0.05, 0) is 60.6 Å². The molecule has 1 saturated heterocycles. The average molecular weight is 363 g/mol. The Balaban J connectivity index is 0.00000200. The van der Waals surface area contributed by atoms with Gasteiger partial charge in [-0.25, -0.2) is 0 Å². The van der Waals surface area contributed by atoms with Crippen LogP contribution in [0.25, 0.3) is 0 Å². The first-order chi connectivity index (χ1) is 9.06. The molecule has 1 unspecified atom stereocenters. The zero-order chi connectivity index (χ0) is 13.8. The van der Waals surface area contributed by atoms with Gasteiger partial charge in [0, 0.05) is 17.1 Å². The van der Waals surface area contributed by atoms with Gasteiger partial charge in [0.15, 0.2) is 0 Å². The normalized spacial score (nSPS) is 17.9. The van der Waals surface area contributed by atoms with Crippen molar-refractivity contribution in [2.75, 3.05) is 32.0 Å². The van der Waals surface area contributed by atoms with E-state index in [4.69, 9.17) is 0 Å². The third-order valence-electron chi connectivity index (χ3n) is 3.45. The molecule has 1 aromatic rings. The summed E-state index contributed by atoms with van der Waals surface area (Å²) in [6.45, 7) is 4.46. The molecular weight excluding hydrogens is 342 g/mol. The molecule has 2 rings (SSSR count). The van der Waals surface area contributed by atoms with E-state index in [1.165, 1.54) is 5.56 Å². The van der Waals surface area contributed by atoms with Crippen LogP contribution in [-0.4, -0.2) is 43.5 Å². The number of rotatable bonds is 4. The molecule has 2 N–H and O–H groups in total. The molecule has 0 aromatic heterocycles. The number of hydrogen-bond acceptors (Lipinski definition) is 3. The van der Waals surface area contributed by atoms with Gasteiger partial charge in [0.05, 0.1) is 12.2 Å². The number of halogens is 2. The molecule has 20 heavy (non-hydrogen) atoms. The molecular formula is C14H21BrClN3O. The maximum atomic E-state index is 12.0. The summed E-state index contributed by atoms with van der Waals surface area (Å²) in [5.41, 5.74) is 1.99. The highest BCUT2D eigenvalue weighted by molar-refractivity contribution is 9.10. The van der Waals surface area contributed by atoms with Crippen LogP contribution in [-0.2, 0) is 4.79 Å². The van der Waals surface area contributed by atoms with Crippen molar-refractivity contribution in [1.82, 2.24) is 10.2 Å². The average Bonchev–Trinajstić information content (AvgIpc) is 2.86. The van der Waals surface area contributed by atoms with Crippen LogP contribution in [0.1, 0.15) is 12.0 Å². The fraction of sp³-hybridized carbons (Fsp3) is 0.500. The Bertz CT molecular complexity index is 464. The van der Waals surface area contributed by atoms with E-state index in [9.17, 15) is 4.79 Å². The van der Waals surface area contributed by atoms with Crippen molar-refractivity contribution >= 4 is 39.9 Å². The highest BCUT2D eigenvalue weighted by Gasteiger charge is 2.20. The Kier molecular flexibility index (Phi) is 6.95. The van der Waals surface area contributed by atoms with Crippen molar-refractivity contribution in [3.63, 3.8) is 0 Å². The maximum absolute atomic E-state index is 12.0. The molecule has 6 heteroatoms. The first-order valence-electron chi connectivity index (χ1n) is 6.53. The first-order valence-corrected chi connectivity index (χ1v) is 7.32. The molecule has 1 aliphatic heterocycles. The van der Waals surface area contributed by atoms with E-state index in [0.717, 1.165) is 29.7 Å². The fourth-order valence-electron chi connectivity index (χ4n) is 2.28. The summed E-state index contributed by atoms with van der Waals surface area (Å²) in [5.74, 6) is 0.0268. The van der Waals surface area contributed by atoms with Gasteiger partial charge in [-0.3, -0.25) is 9.69 Å². The molecule has 1 aliphatic rings. The van der Waals surface area contributed by atoms with E-state index < -0.39 is 0 Å². The van der Waals surface area contributed by atoms with Crippen LogP contribution >= 0.6 is 28.3 Å². The van der Waals surface area contributed by atoms with Crippen LogP contribution in [0.3, 0.4) is 0 Å². The van der Waals surface area contributed by atoms with Crippen LogP contribution in [0.4, 0.5) is 5.69 Å². The zero-order valence-corrected chi connectivity index (χ0v) is 14.2. The Hall–Kier alpha value is -0.620. The minimum Gasteiger partial charge on any atom is -0.324 e. The van der Waals surface area contributed by atoms with Gasteiger partial charge in [0.1, 0.15) is 0 Å². The molecule has 1 heterocycles. The number of carbonyl (C=O) groups excluding carboxylic acids is 1. The van der Waals surface area contributed by atoms with Crippen LogP contribution in [0.2, 0.25) is 0 Å². The molecule has 4 nitrogen and oxygen atoms in total. The third-order valence-corrected chi connectivity index (χ3v) is 4.11. The number of carbonyl (C=O) groups is 1. The Morgan fingerprint density at radius 1 is 1.55 bits per heavy atom. The van der Waals surface area contributed by atoms with Crippen LogP contribution in [0.5, 0.6) is 0 Å². The number of anilines is 1. The Labute approximate surface area is 134 Å². The summed E-state index contributed by atoms with van der Waals surface area (Å²) in [5, 5.41) is 6.25. The molecule has 1 atom stereocenters. The van der Waals surface area contributed by atoms with E-state index in [-0.39, 0.29) is 18.3 Å². The lowest BCUT2D eigenvalue weighted by molar-refractivity contribution is -0.117. The largest absolute Gasteiger partial charge is 0.324 e. The minimum absolute atomic E-state index is 0. The lowest BCUT2D eigenvalue weighted by atomic mass is 10.2. The number of likely N-dealkylation sites (N-methyl/N-ethyl adjacent to an activating group) is 1. The summed E-state index contributed by atoms with van der Waals surface area (Å²) < 4.78 is 0.922. The van der Waals surface area contributed by atoms with Gasteiger partial charge in [0.25, 0.3) is 0 Å². The van der Waals surface area contributed by atoms with Crippen LogP contribution in [0.15, 0.2) is 22.7 Å². The van der Waals surface area contributed by atoms with Crippen molar-refractivity contribution in [2.45, 2.75) is 19.4 Å². The van der Waals surface area contributed by atoms with Crippen LogP contribution < -0.4 is 10.6 Å². The number of amides is 1. The molecule has 0 spiro atoms. The second kappa shape index (κ2) is 7.98. The quantitative estimate of drug-likeness (QED) is 0.864. The van der Waals surface area contributed by atoms with Crippen molar-refractivity contribution in [3.8, 4) is 0 Å². The van der Waals surface area contributed by atoms with Gasteiger partial charge in [0.2, 0.25) is 5.91 Å². The highest BCUT2D eigenvalue weighted by atomic mass is 79.9. The van der Waals surface area contributed by atoms with Crippen molar-refractivity contribution in [2.24, 2.45) is 0 Å². The highest BCUT2D eigenvalue weighted by Crippen LogP contribution is 2.23. The number of nitrogens with one attached hydrogen (secondary N) is 2. The van der Waals surface area contributed by atoms with E-state index >= 15 is 0 Å². The van der Waals surface area contributed by atoms with Crippen molar-refractivity contribution < 1.29 is 4.79 Å². The molecule has 1 amide bonds. The fourth-order valence-corrected chi connectivity index (χ4v) is 2.87. The molecule has 0 bridgehead atoms. The number of benzene rings is 1. The van der Waals surface area contributed by atoms with Crippen molar-refractivity contribution in [1.29, 1.82) is 0 Å². The maximum Gasteiger partial charge on any atom is 0.238 e. The molecule has 1 aromatic carbocycles. The van der Waals surface area contributed by atoms with Gasteiger partial charge in [-0.15, -0.1) is 12.4 Å². The van der Waals surface area contributed by atoms with Crippen molar-refractivity contribution in [3.05, 3.63) is 28.2 Å². The van der Waals surface area contributed by atoms with E-state index in [1.807, 2.05) is 32.2 Å². The SMILES string of the molecule is Cc1ccc(NC(=O)CN(C)C2CCNC2)c(Br)c1.Cl.